The first-order valence-electron chi connectivity index (χ1n) is 9.00. The molecular weight excluding hydrogens is 405 g/mol. The Morgan fingerprint density at radius 2 is 2.03 bits per heavy atom. The van der Waals surface area contributed by atoms with Crippen LogP contribution in [0.3, 0.4) is 0 Å². The number of rotatable bonds is 5. The molecule has 5 rings (SSSR count). The zero-order valence-corrected chi connectivity index (χ0v) is 16.3. The zero-order valence-electron chi connectivity index (χ0n) is 15.4. The molecule has 0 aliphatic rings. The molecule has 3 heterocycles. The van der Waals surface area contributed by atoms with E-state index in [-0.39, 0.29) is 18.1 Å². The molecule has 0 atom stereocenters. The van der Waals surface area contributed by atoms with Gasteiger partial charge in [0.15, 0.2) is 4.96 Å². The molecule has 148 valence electrons. The molecule has 3 aromatic heterocycles. The van der Waals surface area contributed by atoms with Gasteiger partial charge in [-0.2, -0.15) is 0 Å². The Balaban J connectivity index is 1.34. The van der Waals surface area contributed by atoms with Crippen LogP contribution in [-0.4, -0.2) is 35.5 Å². The molecule has 0 saturated heterocycles. The van der Waals surface area contributed by atoms with Gasteiger partial charge in [0.05, 0.1) is 17.8 Å². The van der Waals surface area contributed by atoms with Crippen molar-refractivity contribution in [1.82, 2.24) is 29.6 Å². The van der Waals surface area contributed by atoms with Crippen LogP contribution in [0, 0.1) is 5.82 Å². The van der Waals surface area contributed by atoms with Crippen molar-refractivity contribution in [2.45, 2.75) is 6.42 Å². The van der Waals surface area contributed by atoms with E-state index >= 15 is 0 Å². The minimum Gasteiger partial charge on any atom is -0.326 e. The minimum atomic E-state index is -0.290. The number of aromatic nitrogens is 6. The van der Waals surface area contributed by atoms with E-state index in [1.54, 1.807) is 24.3 Å². The third kappa shape index (κ3) is 3.55. The van der Waals surface area contributed by atoms with E-state index in [0.29, 0.717) is 5.69 Å². The van der Waals surface area contributed by atoms with Gasteiger partial charge in [0.25, 0.3) is 0 Å². The van der Waals surface area contributed by atoms with Crippen molar-refractivity contribution in [3.63, 3.8) is 0 Å². The van der Waals surface area contributed by atoms with Crippen LogP contribution in [0.25, 0.3) is 21.9 Å². The molecule has 0 fully saturated rings. The van der Waals surface area contributed by atoms with Crippen molar-refractivity contribution in [2.75, 3.05) is 5.32 Å². The van der Waals surface area contributed by atoms with E-state index in [1.807, 2.05) is 28.1 Å². The molecule has 0 bridgehead atoms. The molecule has 30 heavy (non-hydrogen) atoms. The fourth-order valence-electron chi connectivity index (χ4n) is 3.09. The molecule has 10 heteroatoms. The number of carbonyl (C=O) groups is 1. The molecule has 8 nitrogen and oxygen atoms in total. The highest BCUT2D eigenvalue weighted by molar-refractivity contribution is 7.15. The van der Waals surface area contributed by atoms with E-state index in [4.69, 9.17) is 0 Å². The van der Waals surface area contributed by atoms with Gasteiger partial charge < -0.3 is 5.32 Å². The average Bonchev–Trinajstić information content (AvgIpc) is 3.48. The molecule has 5 aromatic rings. The van der Waals surface area contributed by atoms with Gasteiger partial charge in [-0.15, -0.1) is 16.4 Å². The number of benzene rings is 2. The maximum absolute atomic E-state index is 13.2. The molecule has 0 saturated carbocycles. The summed E-state index contributed by atoms with van der Waals surface area (Å²) in [4.78, 5) is 18.0. The topological polar surface area (TPSA) is 90.0 Å². The van der Waals surface area contributed by atoms with Crippen LogP contribution in [0.4, 0.5) is 10.1 Å². The van der Waals surface area contributed by atoms with Gasteiger partial charge in [0.2, 0.25) is 5.91 Å². The minimum absolute atomic E-state index is 0.152. The molecule has 1 N–H and O–H groups in total. The third-order valence-corrected chi connectivity index (χ3v) is 5.40. The first-order chi connectivity index (χ1) is 14.7. The van der Waals surface area contributed by atoms with Crippen LogP contribution in [0.1, 0.15) is 5.69 Å². The second-order valence-electron chi connectivity index (χ2n) is 6.54. The summed E-state index contributed by atoms with van der Waals surface area (Å²) in [6.45, 7) is 0. The Kier molecular flexibility index (Phi) is 4.52. The summed E-state index contributed by atoms with van der Waals surface area (Å²) in [5.41, 5.74) is 3.77. The quantitative estimate of drug-likeness (QED) is 0.472. The summed E-state index contributed by atoms with van der Waals surface area (Å²) in [5, 5.41) is 15.9. The van der Waals surface area contributed by atoms with E-state index < -0.39 is 0 Å². The standard InChI is InChI=1S/C20H14FN7OS/c21-14-6-4-13(5-7-14)18-10-27-17(11-30-20(27)24-18)9-19(29)23-15-2-1-3-16(8-15)28-12-22-25-26-28/h1-8,10-12H,9H2,(H,23,29). The first kappa shape index (κ1) is 18.1. The van der Waals surface area contributed by atoms with Crippen LogP contribution >= 0.6 is 11.3 Å². The Morgan fingerprint density at radius 3 is 2.83 bits per heavy atom. The van der Waals surface area contributed by atoms with Crippen molar-refractivity contribution < 1.29 is 9.18 Å². The maximum Gasteiger partial charge on any atom is 0.230 e. The number of halogens is 1. The van der Waals surface area contributed by atoms with Crippen LogP contribution in [0.15, 0.2) is 66.4 Å². The van der Waals surface area contributed by atoms with E-state index in [0.717, 1.165) is 27.6 Å². The summed E-state index contributed by atoms with van der Waals surface area (Å²) in [5.74, 6) is -0.443. The molecule has 2 aromatic carbocycles. The van der Waals surface area contributed by atoms with Gasteiger partial charge in [-0.05, 0) is 52.9 Å². The molecular formula is C20H14FN7OS. The lowest BCUT2D eigenvalue weighted by Crippen LogP contribution is -2.15. The normalized spacial score (nSPS) is 11.1. The summed E-state index contributed by atoms with van der Waals surface area (Å²) in [7, 11) is 0. The first-order valence-corrected chi connectivity index (χ1v) is 9.88. The SMILES string of the molecule is O=C(Cc1csc2nc(-c3ccc(F)cc3)cn12)Nc1cccc(-n2cnnn2)c1. The molecule has 0 spiro atoms. The highest BCUT2D eigenvalue weighted by Gasteiger charge is 2.13. The Hall–Kier alpha value is -3.92. The van der Waals surface area contributed by atoms with Gasteiger partial charge in [-0.25, -0.2) is 14.1 Å². The fraction of sp³-hybridized carbons (Fsp3) is 0.0500. The number of tetrazole rings is 1. The van der Waals surface area contributed by atoms with Crippen molar-refractivity contribution in [1.29, 1.82) is 0 Å². The van der Waals surface area contributed by atoms with Gasteiger partial charge >= 0.3 is 0 Å². The molecule has 0 aliphatic carbocycles. The number of amides is 1. The number of hydrogen-bond donors (Lipinski definition) is 1. The van der Waals surface area contributed by atoms with Crippen molar-refractivity contribution in [3.05, 3.63) is 77.9 Å². The highest BCUT2D eigenvalue weighted by Crippen LogP contribution is 2.24. The number of thiazole rings is 1. The Morgan fingerprint density at radius 1 is 1.17 bits per heavy atom. The number of carbonyl (C=O) groups excluding carboxylic acids is 1. The predicted octanol–water partition coefficient (Wildman–Crippen LogP) is 3.36. The summed E-state index contributed by atoms with van der Waals surface area (Å²) in [6.07, 6.45) is 3.54. The van der Waals surface area contributed by atoms with Crippen LogP contribution in [0.2, 0.25) is 0 Å². The van der Waals surface area contributed by atoms with Crippen molar-refractivity contribution in [2.24, 2.45) is 0 Å². The lowest BCUT2D eigenvalue weighted by Gasteiger charge is -2.07. The van der Waals surface area contributed by atoms with Gasteiger partial charge in [0.1, 0.15) is 12.1 Å². The van der Waals surface area contributed by atoms with Crippen molar-refractivity contribution in [3.8, 4) is 16.9 Å². The predicted molar refractivity (Wildman–Crippen MR) is 110 cm³/mol. The van der Waals surface area contributed by atoms with Crippen molar-refractivity contribution >= 4 is 27.9 Å². The van der Waals surface area contributed by atoms with E-state index in [1.165, 1.54) is 34.5 Å². The fourth-order valence-corrected chi connectivity index (χ4v) is 3.96. The van der Waals surface area contributed by atoms with Gasteiger partial charge in [-0.1, -0.05) is 6.07 Å². The summed E-state index contributed by atoms with van der Waals surface area (Å²) < 4.78 is 16.6. The number of imidazole rings is 1. The van der Waals surface area contributed by atoms with Gasteiger partial charge in [0, 0.05) is 28.5 Å². The van der Waals surface area contributed by atoms with E-state index in [2.05, 4.69) is 25.8 Å². The number of nitrogens with zero attached hydrogens (tertiary/aromatic N) is 6. The molecule has 0 radical (unpaired) electrons. The molecule has 1 amide bonds. The average molecular weight is 419 g/mol. The second kappa shape index (κ2) is 7.48. The Labute approximate surface area is 173 Å². The lowest BCUT2D eigenvalue weighted by atomic mass is 10.2. The molecule has 0 aliphatic heterocycles. The number of fused-ring (bicyclic) bond motifs is 1. The van der Waals surface area contributed by atoms with E-state index in [9.17, 15) is 9.18 Å². The number of nitrogens with one attached hydrogen (secondary N) is 1. The monoisotopic (exact) mass is 419 g/mol. The third-order valence-electron chi connectivity index (χ3n) is 4.51. The lowest BCUT2D eigenvalue weighted by molar-refractivity contribution is -0.115. The summed E-state index contributed by atoms with van der Waals surface area (Å²) in [6, 6.07) is 13.4. The second-order valence-corrected chi connectivity index (χ2v) is 7.38. The number of anilines is 1. The highest BCUT2D eigenvalue weighted by atomic mass is 32.1. The van der Waals surface area contributed by atoms with Crippen LogP contribution in [0.5, 0.6) is 0 Å². The molecule has 0 unspecified atom stereocenters. The largest absolute Gasteiger partial charge is 0.326 e. The number of hydrogen-bond acceptors (Lipinski definition) is 6. The maximum atomic E-state index is 13.2. The zero-order chi connectivity index (χ0) is 20.5. The smallest absolute Gasteiger partial charge is 0.230 e. The Bertz CT molecular complexity index is 1330. The van der Waals surface area contributed by atoms with Gasteiger partial charge in [-0.3, -0.25) is 9.20 Å². The summed E-state index contributed by atoms with van der Waals surface area (Å²) >= 11 is 1.45. The van der Waals surface area contributed by atoms with Crippen LogP contribution in [-0.2, 0) is 11.2 Å². The van der Waals surface area contributed by atoms with Crippen LogP contribution < -0.4 is 5.32 Å².